The van der Waals surface area contributed by atoms with E-state index in [1.165, 1.54) is 31.5 Å². The summed E-state index contributed by atoms with van der Waals surface area (Å²) in [5.41, 5.74) is 1.68. The summed E-state index contributed by atoms with van der Waals surface area (Å²) in [7, 11) is 0. The Labute approximate surface area is 151 Å². The molecule has 1 saturated carbocycles. The highest BCUT2D eigenvalue weighted by atomic mass is 32.2. The number of thioether (sulfide) groups is 1. The van der Waals surface area contributed by atoms with Crippen molar-refractivity contribution in [2.24, 2.45) is 0 Å². The van der Waals surface area contributed by atoms with Crippen molar-refractivity contribution in [2.45, 2.75) is 50.7 Å². The molecule has 0 spiro atoms. The molecule has 6 nitrogen and oxygen atoms in total. The monoisotopic (exact) mass is 358 g/mol. The number of carbonyl (C=O) groups excluding carboxylic acids is 2. The Bertz CT molecular complexity index is 766. The lowest BCUT2D eigenvalue weighted by atomic mass is 10.1. The minimum atomic E-state index is -0.106. The zero-order chi connectivity index (χ0) is 17.8. The highest BCUT2D eigenvalue weighted by molar-refractivity contribution is 7.99. The maximum absolute atomic E-state index is 12.3. The zero-order valence-electron chi connectivity index (χ0n) is 14.5. The van der Waals surface area contributed by atoms with E-state index in [-0.39, 0.29) is 11.7 Å². The van der Waals surface area contributed by atoms with E-state index in [2.05, 4.69) is 27.0 Å². The van der Waals surface area contributed by atoms with Gasteiger partial charge in [0.25, 0.3) is 0 Å². The number of hydrogen-bond acceptors (Lipinski definition) is 5. The molecule has 0 atom stereocenters. The molecular weight excluding hydrogens is 336 g/mol. The van der Waals surface area contributed by atoms with Gasteiger partial charge in [-0.2, -0.15) is 0 Å². The van der Waals surface area contributed by atoms with Crippen LogP contribution >= 0.6 is 11.8 Å². The molecule has 7 heteroatoms. The maximum atomic E-state index is 12.3. The van der Waals surface area contributed by atoms with E-state index in [9.17, 15) is 9.59 Å². The van der Waals surface area contributed by atoms with Crippen LogP contribution in [-0.2, 0) is 22.6 Å². The molecule has 25 heavy (non-hydrogen) atoms. The number of ketones is 1. The number of aromatic nitrogens is 3. The number of benzene rings is 1. The lowest BCUT2D eigenvalue weighted by Crippen LogP contribution is -2.08. The molecule has 0 radical (unpaired) electrons. The largest absolute Gasteiger partial charge is 0.326 e. The molecule has 1 aliphatic rings. The Morgan fingerprint density at radius 2 is 1.96 bits per heavy atom. The molecule has 0 bridgehead atoms. The zero-order valence-corrected chi connectivity index (χ0v) is 15.3. The van der Waals surface area contributed by atoms with Crippen LogP contribution < -0.4 is 5.32 Å². The number of Topliss-reactive ketones (excluding diaryl/α,β-unsaturated/α-hetero) is 1. The fourth-order valence-electron chi connectivity index (χ4n) is 2.68. The maximum Gasteiger partial charge on any atom is 0.221 e. The van der Waals surface area contributed by atoms with Crippen LogP contribution in [0.3, 0.4) is 0 Å². The van der Waals surface area contributed by atoms with Crippen molar-refractivity contribution in [3.63, 3.8) is 0 Å². The molecule has 132 valence electrons. The normalized spacial score (nSPS) is 13.7. The predicted molar refractivity (Wildman–Crippen MR) is 97.9 cm³/mol. The molecule has 1 fully saturated rings. The predicted octanol–water partition coefficient (Wildman–Crippen LogP) is 3.04. The van der Waals surface area contributed by atoms with Gasteiger partial charge in [-0.25, -0.2) is 0 Å². The second-order valence-corrected chi connectivity index (χ2v) is 7.18. The standard InChI is InChI=1S/C18H22N4O2S/c1-3-22-17(14-6-7-14)20-21-18(22)25-11-16(24)10-13-4-8-15(9-5-13)19-12(2)23/h4-5,8-9,14H,3,6-7,10-11H2,1-2H3,(H,19,23). The van der Waals surface area contributed by atoms with E-state index in [0.717, 1.165) is 28.8 Å². The van der Waals surface area contributed by atoms with Crippen molar-refractivity contribution in [3.8, 4) is 0 Å². The van der Waals surface area contributed by atoms with Gasteiger partial charge in [0.1, 0.15) is 11.6 Å². The molecule has 0 aliphatic heterocycles. The van der Waals surface area contributed by atoms with Crippen LogP contribution in [0.25, 0.3) is 0 Å². The first kappa shape index (κ1) is 17.7. The Kier molecular flexibility index (Phi) is 5.53. The second kappa shape index (κ2) is 7.82. The molecule has 0 unspecified atom stereocenters. The number of hydrogen-bond donors (Lipinski definition) is 1. The van der Waals surface area contributed by atoms with Crippen LogP contribution in [0.5, 0.6) is 0 Å². The van der Waals surface area contributed by atoms with Gasteiger partial charge >= 0.3 is 0 Å². The van der Waals surface area contributed by atoms with E-state index in [0.29, 0.717) is 18.1 Å². The second-order valence-electron chi connectivity index (χ2n) is 6.24. The smallest absolute Gasteiger partial charge is 0.221 e. The van der Waals surface area contributed by atoms with Crippen LogP contribution in [-0.4, -0.2) is 32.2 Å². The molecule has 3 rings (SSSR count). The highest BCUT2D eigenvalue weighted by Crippen LogP contribution is 2.39. The summed E-state index contributed by atoms with van der Waals surface area (Å²) in [4.78, 5) is 23.3. The lowest BCUT2D eigenvalue weighted by molar-refractivity contribution is -0.116. The summed E-state index contributed by atoms with van der Waals surface area (Å²) in [6.07, 6.45) is 2.76. The van der Waals surface area contributed by atoms with E-state index in [4.69, 9.17) is 0 Å². The minimum absolute atomic E-state index is 0.106. The first-order valence-electron chi connectivity index (χ1n) is 8.51. The molecule has 1 aromatic heterocycles. The molecule has 0 saturated heterocycles. The van der Waals surface area contributed by atoms with Crippen molar-refractivity contribution in [3.05, 3.63) is 35.7 Å². The first-order valence-corrected chi connectivity index (χ1v) is 9.49. The summed E-state index contributed by atoms with van der Waals surface area (Å²) in [5, 5.41) is 12.1. The minimum Gasteiger partial charge on any atom is -0.326 e. The van der Waals surface area contributed by atoms with Crippen LogP contribution in [0.2, 0.25) is 0 Å². The first-order chi connectivity index (χ1) is 12.1. The van der Waals surface area contributed by atoms with Crippen molar-refractivity contribution in [1.29, 1.82) is 0 Å². The van der Waals surface area contributed by atoms with Gasteiger partial charge in [0.2, 0.25) is 5.91 Å². The molecular formula is C18H22N4O2S. The van der Waals surface area contributed by atoms with Gasteiger partial charge in [0, 0.05) is 31.5 Å². The average molecular weight is 358 g/mol. The van der Waals surface area contributed by atoms with E-state index >= 15 is 0 Å². The van der Waals surface area contributed by atoms with Crippen LogP contribution in [0.15, 0.2) is 29.4 Å². The van der Waals surface area contributed by atoms with Crippen LogP contribution in [0, 0.1) is 0 Å². The van der Waals surface area contributed by atoms with Gasteiger partial charge < -0.3 is 9.88 Å². The third kappa shape index (κ3) is 4.69. The quantitative estimate of drug-likeness (QED) is 0.734. The number of anilines is 1. The number of nitrogens with one attached hydrogen (secondary N) is 1. The Hall–Kier alpha value is -2.15. The fraction of sp³-hybridized carbons (Fsp3) is 0.444. The third-order valence-electron chi connectivity index (χ3n) is 4.04. The average Bonchev–Trinajstić information content (AvgIpc) is 3.34. The van der Waals surface area contributed by atoms with Crippen molar-refractivity contribution < 1.29 is 9.59 Å². The van der Waals surface area contributed by atoms with Gasteiger partial charge in [-0.05, 0) is 37.5 Å². The number of nitrogens with zero attached hydrogens (tertiary/aromatic N) is 3. The molecule has 1 aliphatic carbocycles. The number of rotatable bonds is 8. The summed E-state index contributed by atoms with van der Waals surface area (Å²) < 4.78 is 2.12. The van der Waals surface area contributed by atoms with Gasteiger partial charge in [-0.3, -0.25) is 9.59 Å². The van der Waals surface area contributed by atoms with Gasteiger partial charge in [0.15, 0.2) is 5.16 Å². The van der Waals surface area contributed by atoms with Gasteiger partial charge in [-0.1, -0.05) is 23.9 Å². The van der Waals surface area contributed by atoms with E-state index in [1.807, 2.05) is 24.3 Å². The third-order valence-corrected chi connectivity index (χ3v) is 5.07. The van der Waals surface area contributed by atoms with Crippen LogP contribution in [0.4, 0.5) is 5.69 Å². The van der Waals surface area contributed by atoms with Crippen molar-refractivity contribution in [2.75, 3.05) is 11.1 Å². The summed E-state index contributed by atoms with van der Waals surface area (Å²) in [6.45, 7) is 4.38. The Balaban J connectivity index is 1.53. The van der Waals surface area contributed by atoms with Crippen molar-refractivity contribution >= 4 is 29.1 Å². The van der Waals surface area contributed by atoms with Crippen LogP contribution in [0.1, 0.15) is 44.0 Å². The van der Waals surface area contributed by atoms with Gasteiger partial charge in [-0.15, -0.1) is 10.2 Å². The number of carbonyl (C=O) groups is 2. The van der Waals surface area contributed by atoms with E-state index in [1.54, 1.807) is 0 Å². The summed E-state index contributed by atoms with van der Waals surface area (Å²) >= 11 is 1.46. The number of amides is 1. The molecule has 1 aromatic carbocycles. The molecule has 1 heterocycles. The lowest BCUT2D eigenvalue weighted by Gasteiger charge is -2.07. The molecule has 2 aromatic rings. The molecule has 1 N–H and O–H groups in total. The van der Waals surface area contributed by atoms with Crippen molar-refractivity contribution in [1.82, 2.24) is 14.8 Å². The Morgan fingerprint density at radius 1 is 1.24 bits per heavy atom. The van der Waals surface area contributed by atoms with E-state index < -0.39 is 0 Å². The highest BCUT2D eigenvalue weighted by Gasteiger charge is 2.30. The fourth-order valence-corrected chi connectivity index (χ4v) is 3.55. The topological polar surface area (TPSA) is 76.9 Å². The Morgan fingerprint density at radius 3 is 2.56 bits per heavy atom. The SMILES string of the molecule is CCn1c(SCC(=O)Cc2ccc(NC(C)=O)cc2)nnc1C1CC1. The summed E-state index contributed by atoms with van der Waals surface area (Å²) in [5.74, 6) is 2.04. The van der Waals surface area contributed by atoms with Gasteiger partial charge in [0.05, 0.1) is 5.75 Å². The molecule has 1 amide bonds. The summed E-state index contributed by atoms with van der Waals surface area (Å²) in [6, 6.07) is 7.36.